The van der Waals surface area contributed by atoms with Crippen molar-refractivity contribution in [2.24, 2.45) is 0 Å². The Bertz CT molecular complexity index is 106. The van der Waals surface area contributed by atoms with Crippen molar-refractivity contribution in [1.29, 1.82) is 5.26 Å². The number of hydrogen-bond donors (Lipinski definition) is 1. The number of carbonyl (C=O) groups excluding carboxylic acids is 1. The van der Waals surface area contributed by atoms with E-state index in [1.807, 2.05) is 0 Å². The second kappa shape index (κ2) is 3.22. The fourth-order valence-corrected chi connectivity index (χ4v) is 0.127. The summed E-state index contributed by atoms with van der Waals surface area (Å²) in [5, 5.41) is 9.87. The minimum absolute atomic E-state index is 0.0185. The average molecular weight is 93.9 g/mol. The molecule has 2 radical (unpaired) electrons. The van der Waals surface area contributed by atoms with Crippen LogP contribution in [0.15, 0.2) is 0 Å². The molecule has 0 atom stereocenters. The molecule has 1 amide bonds. The van der Waals surface area contributed by atoms with Gasteiger partial charge in [0.2, 0.25) is 7.85 Å². The van der Waals surface area contributed by atoms with E-state index in [4.69, 9.17) is 5.26 Å². The van der Waals surface area contributed by atoms with Crippen molar-refractivity contribution in [2.45, 2.75) is 0 Å². The SMILES string of the molecule is [B]C(=O)NCC#N. The lowest BCUT2D eigenvalue weighted by molar-refractivity contribution is 0.260. The van der Waals surface area contributed by atoms with Crippen LogP contribution in [0.3, 0.4) is 0 Å². The van der Waals surface area contributed by atoms with E-state index in [1.54, 1.807) is 6.07 Å². The van der Waals surface area contributed by atoms with Crippen LogP contribution < -0.4 is 5.32 Å². The van der Waals surface area contributed by atoms with Crippen LogP contribution in [0.25, 0.3) is 0 Å². The Kier molecular flexibility index (Phi) is 2.77. The summed E-state index contributed by atoms with van der Waals surface area (Å²) in [5.74, 6) is -0.665. The summed E-state index contributed by atoms with van der Waals surface area (Å²) in [5.41, 5.74) is 0. The second-order valence-corrected chi connectivity index (χ2v) is 0.876. The van der Waals surface area contributed by atoms with Crippen LogP contribution in [-0.4, -0.2) is 20.2 Å². The highest BCUT2D eigenvalue weighted by atomic mass is 16.1. The second-order valence-electron chi connectivity index (χ2n) is 0.876. The molecule has 4 heteroatoms. The van der Waals surface area contributed by atoms with Gasteiger partial charge in [0, 0.05) is 0 Å². The Labute approximate surface area is 42.7 Å². The summed E-state index contributed by atoms with van der Waals surface area (Å²) in [7, 11) is 4.58. The molecule has 0 saturated heterocycles. The summed E-state index contributed by atoms with van der Waals surface area (Å²) in [6, 6.07) is 1.69. The quantitative estimate of drug-likeness (QED) is 0.348. The molecule has 0 aromatic heterocycles. The predicted octanol–water partition coefficient (Wildman–Crippen LogP) is -0.612. The minimum Gasteiger partial charge on any atom is -0.353 e. The molecule has 0 spiro atoms. The van der Waals surface area contributed by atoms with Crippen LogP contribution in [0, 0.1) is 11.3 Å². The maximum Gasteiger partial charge on any atom is 0.200 e. The number of nitriles is 1. The van der Waals surface area contributed by atoms with E-state index in [-0.39, 0.29) is 6.54 Å². The third-order valence-electron chi connectivity index (χ3n) is 0.342. The maximum atomic E-state index is 9.72. The fraction of sp³-hybridized carbons (Fsp3) is 0.333. The van der Waals surface area contributed by atoms with E-state index in [9.17, 15) is 4.79 Å². The third-order valence-corrected chi connectivity index (χ3v) is 0.342. The molecular weight excluding hydrogens is 90.9 g/mol. The Morgan fingerprint density at radius 2 is 2.57 bits per heavy atom. The maximum absolute atomic E-state index is 9.72. The van der Waals surface area contributed by atoms with E-state index in [2.05, 4.69) is 13.2 Å². The van der Waals surface area contributed by atoms with Gasteiger partial charge in [-0.3, -0.25) is 4.79 Å². The summed E-state index contributed by atoms with van der Waals surface area (Å²) < 4.78 is 0. The third kappa shape index (κ3) is 5.02. The smallest absolute Gasteiger partial charge is 0.200 e. The van der Waals surface area contributed by atoms with Gasteiger partial charge in [0.1, 0.15) is 6.54 Å². The van der Waals surface area contributed by atoms with E-state index in [0.29, 0.717) is 0 Å². The Hall–Kier alpha value is -0.975. The van der Waals surface area contributed by atoms with Crippen LogP contribution in [-0.2, 0) is 0 Å². The number of nitrogens with zero attached hydrogens (tertiary/aromatic N) is 1. The highest BCUT2D eigenvalue weighted by Gasteiger charge is 1.82. The van der Waals surface area contributed by atoms with Crippen molar-refractivity contribution in [2.75, 3.05) is 6.54 Å². The lowest BCUT2D eigenvalue weighted by Crippen LogP contribution is -2.21. The van der Waals surface area contributed by atoms with E-state index >= 15 is 0 Å². The van der Waals surface area contributed by atoms with Crippen LogP contribution >= 0.6 is 0 Å². The molecule has 0 rings (SSSR count). The van der Waals surface area contributed by atoms with Crippen LogP contribution in [0.4, 0.5) is 4.79 Å². The van der Waals surface area contributed by atoms with Gasteiger partial charge in [0.15, 0.2) is 5.81 Å². The molecule has 0 unspecified atom stereocenters. The zero-order valence-electron chi connectivity index (χ0n) is 3.64. The number of carbonyl (C=O) groups is 1. The Morgan fingerprint density at radius 1 is 2.00 bits per heavy atom. The lowest BCUT2D eigenvalue weighted by Gasteiger charge is -1.87. The molecule has 0 aromatic carbocycles. The number of amides is 1. The van der Waals surface area contributed by atoms with Crippen molar-refractivity contribution >= 4 is 13.7 Å². The molecule has 34 valence electrons. The molecule has 0 fully saturated rings. The number of nitrogens with one attached hydrogen (secondary N) is 1. The first-order valence-electron chi connectivity index (χ1n) is 1.67. The van der Waals surface area contributed by atoms with Gasteiger partial charge in [-0.05, 0) is 0 Å². The van der Waals surface area contributed by atoms with Gasteiger partial charge in [-0.15, -0.1) is 0 Å². The van der Waals surface area contributed by atoms with Gasteiger partial charge in [0.25, 0.3) is 0 Å². The molecule has 0 aliphatic carbocycles. The van der Waals surface area contributed by atoms with E-state index < -0.39 is 5.81 Å². The van der Waals surface area contributed by atoms with Gasteiger partial charge in [-0.2, -0.15) is 5.26 Å². The molecule has 1 N–H and O–H groups in total. The standard InChI is InChI=1S/C3H3BN2O/c4-3(7)6-2-1-5/h2H2,(H,6,7). The summed E-state index contributed by atoms with van der Waals surface area (Å²) >= 11 is 0. The molecule has 7 heavy (non-hydrogen) atoms. The Balaban J connectivity index is 3.02. The monoisotopic (exact) mass is 94.0 g/mol. The lowest BCUT2D eigenvalue weighted by atomic mass is 10.1. The summed E-state index contributed by atoms with van der Waals surface area (Å²) in [6.45, 7) is -0.0185. The summed E-state index contributed by atoms with van der Waals surface area (Å²) in [4.78, 5) is 9.72. The zero-order valence-corrected chi connectivity index (χ0v) is 3.64. The topological polar surface area (TPSA) is 52.9 Å². The molecule has 0 aromatic rings. The van der Waals surface area contributed by atoms with Gasteiger partial charge in [-0.1, -0.05) is 0 Å². The fourth-order valence-electron chi connectivity index (χ4n) is 0.127. The highest BCUT2D eigenvalue weighted by Crippen LogP contribution is 1.54. The minimum atomic E-state index is -0.665. The zero-order chi connectivity index (χ0) is 5.70. The van der Waals surface area contributed by atoms with Gasteiger partial charge in [0.05, 0.1) is 6.07 Å². The van der Waals surface area contributed by atoms with E-state index in [0.717, 1.165) is 0 Å². The van der Waals surface area contributed by atoms with Crippen molar-refractivity contribution < 1.29 is 4.79 Å². The largest absolute Gasteiger partial charge is 0.353 e. The summed E-state index contributed by atoms with van der Waals surface area (Å²) in [6.07, 6.45) is 0. The van der Waals surface area contributed by atoms with Gasteiger partial charge in [-0.25, -0.2) is 0 Å². The van der Waals surface area contributed by atoms with Crippen molar-refractivity contribution in [1.82, 2.24) is 5.32 Å². The molecule has 0 heterocycles. The molecular formula is C3H3BN2O. The predicted molar refractivity (Wildman–Crippen MR) is 24.8 cm³/mol. The van der Waals surface area contributed by atoms with Crippen LogP contribution in [0.1, 0.15) is 0 Å². The van der Waals surface area contributed by atoms with Crippen LogP contribution in [0.5, 0.6) is 0 Å². The molecule has 0 saturated carbocycles. The van der Waals surface area contributed by atoms with E-state index in [1.165, 1.54) is 0 Å². The van der Waals surface area contributed by atoms with Gasteiger partial charge >= 0.3 is 0 Å². The molecule has 0 bridgehead atoms. The first-order valence-corrected chi connectivity index (χ1v) is 1.67. The van der Waals surface area contributed by atoms with Crippen molar-refractivity contribution in [3.8, 4) is 6.07 Å². The first kappa shape index (κ1) is 6.02. The normalized spacial score (nSPS) is 6.71. The molecule has 3 nitrogen and oxygen atoms in total. The van der Waals surface area contributed by atoms with Crippen LogP contribution in [0.2, 0.25) is 0 Å². The number of rotatable bonds is 1. The van der Waals surface area contributed by atoms with Crippen molar-refractivity contribution in [3.05, 3.63) is 0 Å². The molecule has 0 aliphatic rings. The Morgan fingerprint density at radius 3 is 2.71 bits per heavy atom. The molecule has 0 aliphatic heterocycles. The van der Waals surface area contributed by atoms with Crippen molar-refractivity contribution in [3.63, 3.8) is 0 Å². The first-order chi connectivity index (χ1) is 3.27. The average Bonchev–Trinajstić information content (AvgIpc) is 1.61. The number of hydrogen-bond acceptors (Lipinski definition) is 2. The highest BCUT2D eigenvalue weighted by molar-refractivity contribution is 6.57. The van der Waals surface area contributed by atoms with Gasteiger partial charge < -0.3 is 5.32 Å².